The number of Topliss-reactive ketones (excluding diaryl/α,β-unsaturated/α-hetero) is 1. The molecule has 2 atom stereocenters. The lowest BCUT2D eigenvalue weighted by molar-refractivity contribution is -0.146. The Labute approximate surface area is 92.2 Å². The molecule has 0 aromatic heterocycles. The smallest absolute Gasteiger partial charge is 0.317 e. The summed E-state index contributed by atoms with van der Waals surface area (Å²) >= 11 is 0. The predicted molar refractivity (Wildman–Crippen MR) is 54.0 cm³/mol. The highest BCUT2D eigenvalue weighted by molar-refractivity contribution is 5.98. The van der Waals surface area contributed by atoms with Gasteiger partial charge in [0.1, 0.15) is 23.6 Å². The molecule has 2 rings (SSSR count). The second-order valence-corrected chi connectivity index (χ2v) is 3.85. The zero-order chi connectivity index (χ0) is 11.7. The van der Waals surface area contributed by atoms with E-state index in [-0.39, 0.29) is 12.2 Å². The van der Waals surface area contributed by atoms with Gasteiger partial charge < -0.3 is 4.74 Å². The van der Waals surface area contributed by atoms with Gasteiger partial charge in [0.05, 0.1) is 0 Å². The van der Waals surface area contributed by atoms with Crippen molar-refractivity contribution in [2.24, 2.45) is 5.92 Å². The molecule has 1 fully saturated rings. The van der Waals surface area contributed by atoms with Crippen LogP contribution in [-0.2, 0) is 14.3 Å². The van der Waals surface area contributed by atoms with E-state index in [1.54, 1.807) is 18.2 Å². The molecule has 0 saturated carbocycles. The van der Waals surface area contributed by atoms with Gasteiger partial charge in [-0.1, -0.05) is 18.2 Å². The van der Waals surface area contributed by atoms with Crippen molar-refractivity contribution >= 4 is 11.8 Å². The molecule has 0 radical (unpaired) electrons. The third kappa shape index (κ3) is 1.83. The summed E-state index contributed by atoms with van der Waals surface area (Å²) in [5.74, 6) is -1.95. The van der Waals surface area contributed by atoms with E-state index >= 15 is 0 Å². The van der Waals surface area contributed by atoms with Crippen LogP contribution in [0, 0.1) is 11.7 Å². The molecule has 3 nitrogen and oxygen atoms in total. The normalized spacial score (nSPS) is 24.2. The molecule has 1 aliphatic heterocycles. The quantitative estimate of drug-likeness (QED) is 0.568. The van der Waals surface area contributed by atoms with Crippen LogP contribution >= 0.6 is 0 Å². The minimum absolute atomic E-state index is 0.231. The molecule has 1 saturated heterocycles. The van der Waals surface area contributed by atoms with Crippen LogP contribution in [0.1, 0.15) is 25.0 Å². The number of carbonyl (C=O) groups is 2. The Hall–Kier alpha value is -1.71. The molecule has 0 unspecified atom stereocenters. The van der Waals surface area contributed by atoms with Crippen LogP contribution in [0.15, 0.2) is 24.3 Å². The van der Waals surface area contributed by atoms with Gasteiger partial charge in [0.25, 0.3) is 0 Å². The van der Waals surface area contributed by atoms with Crippen molar-refractivity contribution < 1.29 is 18.7 Å². The maximum atomic E-state index is 13.4. The minimum Gasteiger partial charge on any atom is -0.457 e. The molecular formula is C12H11FO3. The number of ketones is 1. The highest BCUT2D eigenvalue weighted by Gasteiger charge is 2.39. The van der Waals surface area contributed by atoms with Crippen molar-refractivity contribution in [3.8, 4) is 0 Å². The van der Waals surface area contributed by atoms with Crippen molar-refractivity contribution in [2.75, 3.05) is 0 Å². The van der Waals surface area contributed by atoms with Crippen LogP contribution in [0.5, 0.6) is 0 Å². The number of rotatable bonds is 2. The van der Waals surface area contributed by atoms with Crippen LogP contribution in [0.4, 0.5) is 4.39 Å². The van der Waals surface area contributed by atoms with Crippen LogP contribution in [0.3, 0.4) is 0 Å². The second-order valence-electron chi connectivity index (χ2n) is 3.85. The van der Waals surface area contributed by atoms with E-state index in [1.807, 2.05) is 0 Å². The van der Waals surface area contributed by atoms with Crippen molar-refractivity contribution in [3.63, 3.8) is 0 Å². The van der Waals surface area contributed by atoms with Gasteiger partial charge in [-0.3, -0.25) is 9.59 Å². The number of ether oxygens (including phenoxy) is 1. The van der Waals surface area contributed by atoms with E-state index in [0.29, 0.717) is 5.56 Å². The van der Waals surface area contributed by atoms with E-state index in [4.69, 9.17) is 4.74 Å². The number of halogens is 1. The first-order valence-electron chi connectivity index (χ1n) is 5.05. The lowest BCUT2D eigenvalue weighted by Crippen LogP contribution is -2.15. The topological polar surface area (TPSA) is 43.4 Å². The Kier molecular flexibility index (Phi) is 2.73. The van der Waals surface area contributed by atoms with E-state index in [0.717, 1.165) is 0 Å². The van der Waals surface area contributed by atoms with Gasteiger partial charge in [0, 0.05) is 12.0 Å². The number of benzene rings is 1. The molecular weight excluding hydrogens is 211 g/mol. The van der Waals surface area contributed by atoms with Crippen LogP contribution in [0.25, 0.3) is 0 Å². The molecule has 1 aromatic rings. The first kappa shape index (κ1) is 10.8. The van der Waals surface area contributed by atoms with Gasteiger partial charge in [-0.05, 0) is 13.0 Å². The number of hydrogen-bond acceptors (Lipinski definition) is 3. The molecule has 4 heteroatoms. The van der Waals surface area contributed by atoms with Crippen molar-refractivity contribution in [2.45, 2.75) is 19.4 Å². The SMILES string of the molecule is CC(=O)[C@H]1C[C@H](c2ccccc2F)OC1=O. The third-order valence-corrected chi connectivity index (χ3v) is 2.74. The van der Waals surface area contributed by atoms with Crippen LogP contribution in [0.2, 0.25) is 0 Å². The molecule has 16 heavy (non-hydrogen) atoms. The Morgan fingerprint density at radius 1 is 1.44 bits per heavy atom. The average molecular weight is 222 g/mol. The van der Waals surface area contributed by atoms with Crippen LogP contribution < -0.4 is 0 Å². The fourth-order valence-electron chi connectivity index (χ4n) is 1.84. The molecule has 0 aliphatic carbocycles. The lowest BCUT2D eigenvalue weighted by atomic mass is 9.97. The third-order valence-electron chi connectivity index (χ3n) is 2.74. The molecule has 84 valence electrons. The van der Waals surface area contributed by atoms with Crippen molar-refractivity contribution in [1.29, 1.82) is 0 Å². The summed E-state index contributed by atoms with van der Waals surface area (Å²) < 4.78 is 18.4. The Morgan fingerprint density at radius 2 is 2.12 bits per heavy atom. The minimum atomic E-state index is -0.746. The van der Waals surface area contributed by atoms with Gasteiger partial charge >= 0.3 is 5.97 Å². The average Bonchev–Trinajstić information content (AvgIpc) is 2.61. The summed E-state index contributed by atoms with van der Waals surface area (Å²) in [6.45, 7) is 1.34. The van der Waals surface area contributed by atoms with E-state index in [2.05, 4.69) is 0 Å². The lowest BCUT2D eigenvalue weighted by Gasteiger charge is -2.09. The van der Waals surface area contributed by atoms with Crippen molar-refractivity contribution in [1.82, 2.24) is 0 Å². The Balaban J connectivity index is 2.24. The number of cyclic esters (lactones) is 1. The summed E-state index contributed by atoms with van der Waals surface area (Å²) in [5, 5.41) is 0. The first-order valence-corrected chi connectivity index (χ1v) is 5.05. The zero-order valence-electron chi connectivity index (χ0n) is 8.77. The van der Waals surface area contributed by atoms with E-state index in [1.165, 1.54) is 13.0 Å². The molecule has 0 bridgehead atoms. The van der Waals surface area contributed by atoms with Gasteiger partial charge in [-0.15, -0.1) is 0 Å². The summed E-state index contributed by atoms with van der Waals surface area (Å²) in [5.41, 5.74) is 0.333. The molecule has 1 aliphatic rings. The second kappa shape index (κ2) is 4.04. The zero-order valence-corrected chi connectivity index (χ0v) is 8.77. The summed E-state index contributed by atoms with van der Waals surface area (Å²) in [6, 6.07) is 6.12. The fourth-order valence-corrected chi connectivity index (χ4v) is 1.84. The molecule has 0 spiro atoms. The van der Waals surface area contributed by atoms with Gasteiger partial charge in [-0.2, -0.15) is 0 Å². The largest absolute Gasteiger partial charge is 0.457 e. The van der Waals surface area contributed by atoms with E-state index in [9.17, 15) is 14.0 Å². The summed E-state index contributed by atoms with van der Waals surface area (Å²) in [6.07, 6.45) is -0.405. The Morgan fingerprint density at radius 3 is 2.69 bits per heavy atom. The van der Waals surface area contributed by atoms with Gasteiger partial charge in [0.2, 0.25) is 0 Å². The summed E-state index contributed by atoms with van der Waals surface area (Å²) in [4.78, 5) is 22.5. The summed E-state index contributed by atoms with van der Waals surface area (Å²) in [7, 11) is 0. The first-order chi connectivity index (χ1) is 7.59. The molecule has 0 amide bonds. The molecule has 1 heterocycles. The van der Waals surface area contributed by atoms with Gasteiger partial charge in [0.15, 0.2) is 0 Å². The number of carbonyl (C=O) groups excluding carboxylic acids is 2. The predicted octanol–water partition coefficient (Wildman–Crippen LogP) is 2.02. The highest BCUT2D eigenvalue weighted by Crippen LogP contribution is 2.34. The number of hydrogen-bond donors (Lipinski definition) is 0. The standard InChI is InChI=1S/C12H11FO3/c1-7(14)9-6-11(16-12(9)15)8-4-2-3-5-10(8)13/h2-5,9,11H,6H2,1H3/t9-,11-/m1/s1. The monoisotopic (exact) mass is 222 g/mol. The van der Waals surface area contributed by atoms with Crippen molar-refractivity contribution in [3.05, 3.63) is 35.6 Å². The maximum absolute atomic E-state index is 13.4. The van der Waals surface area contributed by atoms with Crippen LogP contribution in [-0.4, -0.2) is 11.8 Å². The van der Waals surface area contributed by atoms with E-state index < -0.39 is 23.8 Å². The highest BCUT2D eigenvalue weighted by atomic mass is 19.1. The molecule has 0 N–H and O–H groups in total. The molecule has 1 aromatic carbocycles. The Bertz CT molecular complexity index is 442. The fraction of sp³-hybridized carbons (Fsp3) is 0.333. The maximum Gasteiger partial charge on any atom is 0.317 e. The van der Waals surface area contributed by atoms with Gasteiger partial charge in [-0.25, -0.2) is 4.39 Å². The number of esters is 1.